The first-order valence-electron chi connectivity index (χ1n) is 12.7. The molecule has 0 N–H and O–H groups in total. The van der Waals surface area contributed by atoms with Gasteiger partial charge >= 0.3 is 0 Å². The van der Waals surface area contributed by atoms with Crippen LogP contribution in [0.15, 0.2) is 77.3 Å². The highest BCUT2D eigenvalue weighted by atomic mass is 16.3. The van der Waals surface area contributed by atoms with E-state index in [1.54, 1.807) is 0 Å². The van der Waals surface area contributed by atoms with E-state index >= 15 is 0 Å². The molecule has 0 saturated carbocycles. The number of aromatic nitrogens is 1. The van der Waals surface area contributed by atoms with Crippen molar-refractivity contribution in [3.8, 4) is 22.4 Å². The molecule has 0 radical (unpaired) electrons. The van der Waals surface area contributed by atoms with Crippen molar-refractivity contribution in [1.29, 1.82) is 0 Å². The fourth-order valence-electron chi connectivity index (χ4n) is 6.53. The first kappa shape index (κ1) is 21.8. The highest BCUT2D eigenvalue weighted by molar-refractivity contribution is 6.13. The molecule has 3 nitrogen and oxygen atoms in total. The molecule has 4 aromatic carbocycles. The van der Waals surface area contributed by atoms with Crippen LogP contribution in [0.2, 0.25) is 0 Å². The molecule has 0 saturated heterocycles. The van der Waals surface area contributed by atoms with Crippen LogP contribution in [0, 0.1) is 20.4 Å². The molecule has 3 heteroatoms. The zero-order chi connectivity index (χ0) is 25.6. The van der Waals surface area contributed by atoms with E-state index in [-0.39, 0.29) is 5.41 Å². The standard InChI is InChI=1S/C34H27N2O/c1-19-17-27-22-9-7-8-10-29(22)37-33(27)30(20(19)2)32-25-13-12-23-26-18-21(35-5)11-14-28(26)34(3,4)31(23)24(25)15-16-36(32)6/h7-18H,1-4,6H3/q+1. The SMILES string of the molecule is [C-]#[N+]c1ccc2c(c1)-c1ccc3c(-c4c(C)c(C)cc5c4oc4ccccc45)[n+](C)ccc3c1C2(C)C. The summed E-state index contributed by atoms with van der Waals surface area (Å²) in [7, 11) is 2.13. The molecule has 0 bridgehead atoms. The Kier molecular flexibility index (Phi) is 4.31. The molecule has 6 aromatic rings. The summed E-state index contributed by atoms with van der Waals surface area (Å²) in [5.41, 5.74) is 12.2. The lowest BCUT2D eigenvalue weighted by Gasteiger charge is -2.23. The average molecular weight is 480 g/mol. The number of benzene rings is 4. The van der Waals surface area contributed by atoms with Gasteiger partial charge in [-0.1, -0.05) is 50.2 Å². The molecule has 0 unspecified atom stereocenters. The third kappa shape index (κ3) is 2.79. The van der Waals surface area contributed by atoms with Crippen molar-refractivity contribution in [3.63, 3.8) is 0 Å². The Balaban J connectivity index is 1.61. The van der Waals surface area contributed by atoms with Crippen LogP contribution >= 0.6 is 0 Å². The lowest BCUT2D eigenvalue weighted by molar-refractivity contribution is -0.659. The van der Waals surface area contributed by atoms with Crippen LogP contribution in [0.3, 0.4) is 0 Å². The minimum Gasteiger partial charge on any atom is -0.455 e. The predicted molar refractivity (Wildman–Crippen MR) is 151 cm³/mol. The van der Waals surface area contributed by atoms with Crippen molar-refractivity contribution < 1.29 is 8.98 Å². The Labute approximate surface area is 216 Å². The first-order chi connectivity index (χ1) is 17.8. The van der Waals surface area contributed by atoms with Crippen LogP contribution in [0.1, 0.15) is 36.1 Å². The van der Waals surface area contributed by atoms with Gasteiger partial charge in [0.15, 0.2) is 11.9 Å². The predicted octanol–water partition coefficient (Wildman–Crippen LogP) is 8.70. The molecule has 0 amide bonds. The van der Waals surface area contributed by atoms with Crippen molar-refractivity contribution in [2.75, 3.05) is 0 Å². The summed E-state index contributed by atoms with van der Waals surface area (Å²) >= 11 is 0. The zero-order valence-corrected chi connectivity index (χ0v) is 21.7. The Morgan fingerprint density at radius 2 is 1.65 bits per heavy atom. The van der Waals surface area contributed by atoms with Crippen LogP contribution < -0.4 is 4.57 Å². The van der Waals surface area contributed by atoms with Gasteiger partial charge in [0.25, 0.3) is 0 Å². The van der Waals surface area contributed by atoms with Crippen LogP contribution in [-0.4, -0.2) is 0 Å². The van der Waals surface area contributed by atoms with Gasteiger partial charge in [0, 0.05) is 22.3 Å². The second kappa shape index (κ2) is 7.31. The molecule has 0 atom stereocenters. The van der Waals surface area contributed by atoms with Gasteiger partial charge in [0.05, 0.1) is 17.5 Å². The van der Waals surface area contributed by atoms with E-state index in [0.29, 0.717) is 5.69 Å². The van der Waals surface area contributed by atoms with E-state index in [9.17, 15) is 0 Å². The Morgan fingerprint density at radius 3 is 2.46 bits per heavy atom. The first-order valence-corrected chi connectivity index (χ1v) is 12.7. The van der Waals surface area contributed by atoms with Gasteiger partial charge in [-0.15, -0.1) is 0 Å². The summed E-state index contributed by atoms with van der Waals surface area (Å²) in [6.45, 7) is 16.5. The number of nitrogens with zero attached hydrogens (tertiary/aromatic N) is 2. The number of rotatable bonds is 1. The largest absolute Gasteiger partial charge is 0.455 e. The minimum absolute atomic E-state index is 0.168. The van der Waals surface area contributed by atoms with Gasteiger partial charge in [-0.3, -0.25) is 0 Å². The smallest absolute Gasteiger partial charge is 0.224 e. The highest BCUT2D eigenvalue weighted by Gasteiger charge is 2.38. The fraction of sp³-hybridized carbons (Fsp3) is 0.176. The van der Waals surface area contributed by atoms with Gasteiger partial charge in [0.1, 0.15) is 18.2 Å². The quantitative estimate of drug-likeness (QED) is 0.171. The summed E-state index contributed by atoms with van der Waals surface area (Å²) in [5, 5.41) is 4.77. The molecule has 37 heavy (non-hydrogen) atoms. The molecular formula is C34H27N2O+. The van der Waals surface area contributed by atoms with E-state index in [2.05, 4.69) is 98.9 Å². The van der Waals surface area contributed by atoms with Gasteiger partial charge in [0.2, 0.25) is 5.69 Å². The molecule has 1 aliphatic rings. The third-order valence-corrected chi connectivity index (χ3v) is 8.46. The van der Waals surface area contributed by atoms with Gasteiger partial charge in [-0.2, -0.15) is 0 Å². The summed E-state index contributed by atoms with van der Waals surface area (Å²) in [5.74, 6) is 0. The normalized spacial score (nSPS) is 13.7. The lowest BCUT2D eigenvalue weighted by atomic mass is 9.80. The summed E-state index contributed by atoms with van der Waals surface area (Å²) in [6.07, 6.45) is 2.18. The zero-order valence-electron chi connectivity index (χ0n) is 21.7. The van der Waals surface area contributed by atoms with E-state index in [0.717, 1.165) is 27.5 Å². The van der Waals surface area contributed by atoms with Crippen LogP contribution in [0.5, 0.6) is 0 Å². The average Bonchev–Trinajstić information content (AvgIpc) is 3.37. The van der Waals surface area contributed by atoms with Crippen molar-refractivity contribution in [2.45, 2.75) is 33.1 Å². The van der Waals surface area contributed by atoms with Crippen LogP contribution in [0.4, 0.5) is 5.69 Å². The van der Waals surface area contributed by atoms with Gasteiger partial charge in [-0.25, -0.2) is 9.41 Å². The molecule has 7 rings (SSSR count). The van der Waals surface area contributed by atoms with E-state index in [4.69, 9.17) is 11.0 Å². The number of aryl methyl sites for hydroxylation is 2. The third-order valence-electron chi connectivity index (χ3n) is 8.46. The van der Waals surface area contributed by atoms with E-state index in [1.165, 1.54) is 49.8 Å². The maximum atomic E-state index is 7.52. The minimum atomic E-state index is -0.168. The second-order valence-corrected chi connectivity index (χ2v) is 10.9. The Hall–Kier alpha value is -4.42. The number of pyridine rings is 1. The fourth-order valence-corrected chi connectivity index (χ4v) is 6.53. The van der Waals surface area contributed by atoms with Crippen LogP contribution in [0.25, 0.3) is 59.9 Å². The summed E-state index contributed by atoms with van der Waals surface area (Å²) in [6, 6.07) is 23.5. The highest BCUT2D eigenvalue weighted by Crippen LogP contribution is 2.53. The number of hydrogen-bond donors (Lipinski definition) is 0. The van der Waals surface area contributed by atoms with Crippen molar-refractivity contribution in [2.24, 2.45) is 7.05 Å². The summed E-state index contributed by atoms with van der Waals surface area (Å²) < 4.78 is 8.78. The molecule has 178 valence electrons. The van der Waals surface area contributed by atoms with Crippen molar-refractivity contribution in [1.82, 2.24) is 0 Å². The molecule has 1 aliphatic carbocycles. The summed E-state index contributed by atoms with van der Waals surface area (Å²) in [4.78, 5) is 3.70. The topological polar surface area (TPSA) is 21.4 Å². The number of para-hydroxylation sites is 1. The Bertz CT molecular complexity index is 2000. The lowest BCUT2D eigenvalue weighted by Crippen LogP contribution is -2.31. The van der Waals surface area contributed by atoms with Gasteiger partial charge < -0.3 is 4.42 Å². The van der Waals surface area contributed by atoms with Crippen LogP contribution in [-0.2, 0) is 12.5 Å². The van der Waals surface area contributed by atoms with E-state index < -0.39 is 0 Å². The molecule has 0 spiro atoms. The monoisotopic (exact) mass is 479 g/mol. The molecule has 2 heterocycles. The second-order valence-electron chi connectivity index (χ2n) is 10.9. The van der Waals surface area contributed by atoms with Crippen molar-refractivity contribution >= 4 is 38.4 Å². The molecule has 0 aliphatic heterocycles. The van der Waals surface area contributed by atoms with Crippen molar-refractivity contribution in [3.05, 3.63) is 107 Å². The maximum Gasteiger partial charge on any atom is 0.224 e. The molecule has 0 fully saturated rings. The number of fused-ring (bicyclic) bond motifs is 8. The number of hydrogen-bond acceptors (Lipinski definition) is 1. The number of furan rings is 1. The van der Waals surface area contributed by atoms with Gasteiger partial charge in [-0.05, 0) is 76.9 Å². The van der Waals surface area contributed by atoms with E-state index in [1.807, 2.05) is 18.2 Å². The maximum absolute atomic E-state index is 7.52. The Morgan fingerprint density at radius 1 is 0.838 bits per heavy atom. The molecular weight excluding hydrogens is 452 g/mol. The molecule has 2 aromatic heterocycles.